The molecule has 2 fully saturated rings. The molecule has 2 heteroatoms. The van der Waals surface area contributed by atoms with Gasteiger partial charge in [-0.15, -0.1) is 0 Å². The number of piperidine rings is 1. The molecule has 0 amide bonds. The van der Waals surface area contributed by atoms with Crippen LogP contribution < -0.4 is 5.32 Å². The Morgan fingerprint density at radius 3 is 2.33 bits per heavy atom. The zero-order valence-electron chi connectivity index (χ0n) is 9.75. The lowest BCUT2D eigenvalue weighted by atomic mass is 9.80. The van der Waals surface area contributed by atoms with E-state index in [1.165, 1.54) is 44.9 Å². The van der Waals surface area contributed by atoms with Crippen LogP contribution in [0, 0.1) is 11.8 Å². The maximum atomic E-state index is 10.2. The summed E-state index contributed by atoms with van der Waals surface area (Å²) in [5.41, 5.74) is 0. The SMILES string of the molecule is OC(CC1CCNCC1)C1CCCCC1. The molecule has 0 aromatic rings. The van der Waals surface area contributed by atoms with E-state index in [-0.39, 0.29) is 6.10 Å². The maximum absolute atomic E-state index is 10.2. The van der Waals surface area contributed by atoms with Gasteiger partial charge in [0.2, 0.25) is 0 Å². The van der Waals surface area contributed by atoms with E-state index < -0.39 is 0 Å². The number of hydrogen-bond donors (Lipinski definition) is 2. The van der Waals surface area contributed by atoms with Gasteiger partial charge >= 0.3 is 0 Å². The quantitative estimate of drug-likeness (QED) is 0.751. The molecule has 1 unspecified atom stereocenters. The highest BCUT2D eigenvalue weighted by Gasteiger charge is 2.25. The van der Waals surface area contributed by atoms with Crippen molar-refractivity contribution in [3.05, 3.63) is 0 Å². The molecule has 0 aromatic heterocycles. The zero-order valence-corrected chi connectivity index (χ0v) is 9.75. The van der Waals surface area contributed by atoms with Crippen LogP contribution in [0.5, 0.6) is 0 Å². The van der Waals surface area contributed by atoms with E-state index in [1.807, 2.05) is 0 Å². The largest absolute Gasteiger partial charge is 0.393 e. The van der Waals surface area contributed by atoms with Crippen LogP contribution in [0.3, 0.4) is 0 Å². The molecule has 2 rings (SSSR count). The first-order chi connectivity index (χ1) is 7.36. The standard InChI is InChI=1S/C13H25NO/c15-13(12-4-2-1-3-5-12)10-11-6-8-14-9-7-11/h11-15H,1-10H2. The van der Waals surface area contributed by atoms with Crippen LogP contribution in [-0.4, -0.2) is 24.3 Å². The highest BCUT2D eigenvalue weighted by molar-refractivity contribution is 4.78. The zero-order chi connectivity index (χ0) is 10.5. The second kappa shape index (κ2) is 5.86. The second-order valence-electron chi connectivity index (χ2n) is 5.39. The van der Waals surface area contributed by atoms with Gasteiger partial charge < -0.3 is 10.4 Å². The summed E-state index contributed by atoms with van der Waals surface area (Å²) in [7, 11) is 0. The summed E-state index contributed by atoms with van der Waals surface area (Å²) in [5, 5.41) is 13.6. The molecule has 0 radical (unpaired) electrons. The minimum absolute atomic E-state index is 0.00611. The summed E-state index contributed by atoms with van der Waals surface area (Å²) in [6.07, 6.45) is 10.2. The Morgan fingerprint density at radius 1 is 1.00 bits per heavy atom. The van der Waals surface area contributed by atoms with Crippen LogP contribution in [-0.2, 0) is 0 Å². The summed E-state index contributed by atoms with van der Waals surface area (Å²) in [5.74, 6) is 1.40. The average Bonchev–Trinajstić information content (AvgIpc) is 2.31. The van der Waals surface area contributed by atoms with Gasteiger partial charge in [0.1, 0.15) is 0 Å². The molecule has 15 heavy (non-hydrogen) atoms. The van der Waals surface area contributed by atoms with E-state index in [0.717, 1.165) is 25.4 Å². The van der Waals surface area contributed by atoms with Crippen molar-refractivity contribution in [2.45, 2.75) is 57.5 Å². The highest BCUT2D eigenvalue weighted by atomic mass is 16.3. The van der Waals surface area contributed by atoms with Crippen molar-refractivity contribution >= 4 is 0 Å². The average molecular weight is 211 g/mol. The van der Waals surface area contributed by atoms with Crippen molar-refractivity contribution in [1.29, 1.82) is 0 Å². The van der Waals surface area contributed by atoms with Crippen molar-refractivity contribution in [3.63, 3.8) is 0 Å². The van der Waals surface area contributed by atoms with E-state index in [0.29, 0.717) is 5.92 Å². The van der Waals surface area contributed by atoms with Crippen molar-refractivity contribution in [1.82, 2.24) is 5.32 Å². The summed E-state index contributed by atoms with van der Waals surface area (Å²) >= 11 is 0. The van der Waals surface area contributed by atoms with Gasteiger partial charge in [-0.1, -0.05) is 19.3 Å². The van der Waals surface area contributed by atoms with E-state index in [9.17, 15) is 5.11 Å². The number of nitrogens with one attached hydrogen (secondary N) is 1. The lowest BCUT2D eigenvalue weighted by Gasteiger charge is -2.31. The van der Waals surface area contributed by atoms with Gasteiger partial charge in [0.25, 0.3) is 0 Å². The van der Waals surface area contributed by atoms with Crippen molar-refractivity contribution in [2.75, 3.05) is 13.1 Å². The van der Waals surface area contributed by atoms with Gasteiger partial charge in [-0.2, -0.15) is 0 Å². The van der Waals surface area contributed by atoms with Gasteiger partial charge in [-0.3, -0.25) is 0 Å². The molecule has 2 N–H and O–H groups in total. The van der Waals surface area contributed by atoms with Crippen LogP contribution in [0.15, 0.2) is 0 Å². The van der Waals surface area contributed by atoms with Gasteiger partial charge in [-0.25, -0.2) is 0 Å². The predicted octanol–water partition coefficient (Wildman–Crippen LogP) is 2.32. The molecule has 1 saturated heterocycles. The Labute approximate surface area is 93.5 Å². The third-order valence-electron chi connectivity index (χ3n) is 4.23. The van der Waals surface area contributed by atoms with Crippen LogP contribution in [0.4, 0.5) is 0 Å². The van der Waals surface area contributed by atoms with Gasteiger partial charge in [-0.05, 0) is 57.0 Å². The lowest BCUT2D eigenvalue weighted by molar-refractivity contribution is 0.0574. The molecular weight excluding hydrogens is 186 g/mol. The van der Waals surface area contributed by atoms with E-state index >= 15 is 0 Å². The van der Waals surface area contributed by atoms with Crippen molar-refractivity contribution in [3.8, 4) is 0 Å². The van der Waals surface area contributed by atoms with Gasteiger partial charge in [0.05, 0.1) is 6.10 Å². The Kier molecular flexibility index (Phi) is 4.45. The first-order valence-electron chi connectivity index (χ1n) is 6.75. The predicted molar refractivity (Wildman–Crippen MR) is 62.8 cm³/mol. The summed E-state index contributed by atoms with van der Waals surface area (Å²) < 4.78 is 0. The van der Waals surface area contributed by atoms with Crippen molar-refractivity contribution in [2.24, 2.45) is 11.8 Å². The number of hydrogen-bond acceptors (Lipinski definition) is 2. The monoisotopic (exact) mass is 211 g/mol. The molecule has 1 aliphatic carbocycles. The highest BCUT2D eigenvalue weighted by Crippen LogP contribution is 2.30. The summed E-state index contributed by atoms with van der Waals surface area (Å²) in [4.78, 5) is 0. The fourth-order valence-corrected chi connectivity index (χ4v) is 3.17. The molecule has 1 saturated carbocycles. The Balaban J connectivity index is 1.72. The molecular formula is C13H25NO. The minimum Gasteiger partial charge on any atom is -0.393 e. The van der Waals surface area contributed by atoms with Gasteiger partial charge in [0.15, 0.2) is 0 Å². The molecule has 2 aliphatic rings. The second-order valence-corrected chi connectivity index (χ2v) is 5.39. The first kappa shape index (κ1) is 11.4. The number of rotatable bonds is 3. The molecule has 88 valence electrons. The van der Waals surface area contributed by atoms with Crippen LogP contribution in [0.25, 0.3) is 0 Å². The maximum Gasteiger partial charge on any atom is 0.0571 e. The Bertz CT molecular complexity index is 171. The van der Waals surface area contributed by atoms with E-state index in [4.69, 9.17) is 0 Å². The normalized spacial score (nSPS) is 27.8. The molecule has 0 aromatic carbocycles. The van der Waals surface area contributed by atoms with Crippen LogP contribution in [0.2, 0.25) is 0 Å². The van der Waals surface area contributed by atoms with Gasteiger partial charge in [0, 0.05) is 0 Å². The lowest BCUT2D eigenvalue weighted by Crippen LogP contribution is -2.32. The third kappa shape index (κ3) is 3.46. The van der Waals surface area contributed by atoms with Crippen molar-refractivity contribution < 1.29 is 5.11 Å². The summed E-state index contributed by atoms with van der Waals surface area (Å²) in [6.45, 7) is 2.31. The first-order valence-corrected chi connectivity index (χ1v) is 6.75. The molecule has 2 nitrogen and oxygen atoms in total. The minimum atomic E-state index is -0.00611. The number of aliphatic hydroxyl groups is 1. The fourth-order valence-electron chi connectivity index (χ4n) is 3.17. The smallest absolute Gasteiger partial charge is 0.0571 e. The molecule has 1 heterocycles. The summed E-state index contributed by atoms with van der Waals surface area (Å²) in [6, 6.07) is 0. The Hall–Kier alpha value is -0.0800. The van der Waals surface area contributed by atoms with Crippen LogP contribution >= 0.6 is 0 Å². The van der Waals surface area contributed by atoms with E-state index in [1.54, 1.807) is 0 Å². The topological polar surface area (TPSA) is 32.3 Å². The van der Waals surface area contributed by atoms with E-state index in [2.05, 4.69) is 5.32 Å². The Morgan fingerprint density at radius 2 is 1.67 bits per heavy atom. The molecule has 1 aliphatic heterocycles. The molecule has 0 bridgehead atoms. The number of aliphatic hydroxyl groups excluding tert-OH is 1. The fraction of sp³-hybridized carbons (Fsp3) is 1.00. The third-order valence-corrected chi connectivity index (χ3v) is 4.23. The molecule has 1 atom stereocenters. The molecule has 0 spiro atoms. The van der Waals surface area contributed by atoms with Crippen LogP contribution in [0.1, 0.15) is 51.4 Å².